The summed E-state index contributed by atoms with van der Waals surface area (Å²) in [5.74, 6) is -0.159. The lowest BCUT2D eigenvalue weighted by molar-refractivity contribution is -0.132. The number of carboxylic acid groups (broad SMARTS) is 1. The molecule has 0 aromatic heterocycles. The van der Waals surface area contributed by atoms with Crippen LogP contribution in [0.4, 0.5) is 0 Å². The fraction of sp³-hybridized carbons (Fsp3) is 0.333. The van der Waals surface area contributed by atoms with Crippen molar-refractivity contribution in [3.8, 4) is 11.5 Å². The molecule has 112 valence electrons. The highest BCUT2D eigenvalue weighted by Crippen LogP contribution is 2.31. The van der Waals surface area contributed by atoms with Gasteiger partial charge in [0, 0.05) is 26.1 Å². The van der Waals surface area contributed by atoms with Gasteiger partial charge in [-0.3, -0.25) is 4.79 Å². The molecule has 1 amide bonds. The van der Waals surface area contributed by atoms with Crippen LogP contribution in [0.3, 0.4) is 0 Å². The van der Waals surface area contributed by atoms with Crippen LogP contribution in [0, 0.1) is 0 Å². The molecule has 1 atom stereocenters. The Balaban J connectivity index is 2.22. The third-order valence-corrected chi connectivity index (χ3v) is 3.25. The molecular weight excluding hydrogens is 274 g/mol. The fourth-order valence-electron chi connectivity index (χ4n) is 2.11. The van der Waals surface area contributed by atoms with Crippen molar-refractivity contribution in [3.63, 3.8) is 0 Å². The Morgan fingerprint density at radius 3 is 2.76 bits per heavy atom. The summed E-state index contributed by atoms with van der Waals surface area (Å²) in [6.45, 7) is 0.657. The SMILES string of the molecule is COc1ccc(C=CC(=O)O)cc1OC1CCN(C)C1=O. The predicted molar refractivity (Wildman–Crippen MR) is 76.3 cm³/mol. The molecule has 1 aromatic carbocycles. The van der Waals surface area contributed by atoms with Crippen molar-refractivity contribution in [3.05, 3.63) is 29.8 Å². The zero-order chi connectivity index (χ0) is 15.4. The topological polar surface area (TPSA) is 76.1 Å². The number of aliphatic carboxylic acids is 1. The van der Waals surface area contributed by atoms with Gasteiger partial charge in [-0.25, -0.2) is 4.79 Å². The maximum atomic E-state index is 11.9. The van der Waals surface area contributed by atoms with Gasteiger partial charge in [-0.05, 0) is 23.8 Å². The van der Waals surface area contributed by atoms with E-state index in [1.54, 1.807) is 30.1 Å². The van der Waals surface area contributed by atoms with E-state index in [1.807, 2.05) is 0 Å². The van der Waals surface area contributed by atoms with Crippen LogP contribution in [0.5, 0.6) is 11.5 Å². The van der Waals surface area contributed by atoms with Crippen LogP contribution in [-0.4, -0.2) is 48.7 Å². The smallest absolute Gasteiger partial charge is 0.328 e. The number of likely N-dealkylation sites (N-methyl/N-ethyl adjacent to an activating group) is 1. The van der Waals surface area contributed by atoms with Crippen molar-refractivity contribution in [2.24, 2.45) is 0 Å². The Kier molecular flexibility index (Phi) is 4.47. The van der Waals surface area contributed by atoms with Gasteiger partial charge < -0.3 is 19.5 Å². The molecule has 1 saturated heterocycles. The highest BCUT2D eigenvalue weighted by molar-refractivity contribution is 5.85. The number of benzene rings is 1. The van der Waals surface area contributed by atoms with Crippen LogP contribution >= 0.6 is 0 Å². The first kappa shape index (κ1) is 14.9. The summed E-state index contributed by atoms with van der Waals surface area (Å²) in [6, 6.07) is 5.05. The second-order valence-corrected chi connectivity index (χ2v) is 4.74. The third kappa shape index (κ3) is 3.53. The minimum atomic E-state index is -1.03. The molecule has 6 nitrogen and oxygen atoms in total. The molecule has 0 bridgehead atoms. The molecule has 21 heavy (non-hydrogen) atoms. The maximum absolute atomic E-state index is 11.9. The van der Waals surface area contributed by atoms with Gasteiger partial charge in [0.25, 0.3) is 5.91 Å². The number of rotatable bonds is 5. The molecule has 0 saturated carbocycles. The third-order valence-electron chi connectivity index (χ3n) is 3.25. The number of carboxylic acids is 1. The molecule has 0 aliphatic carbocycles. The summed E-state index contributed by atoms with van der Waals surface area (Å²) >= 11 is 0. The van der Waals surface area contributed by atoms with E-state index in [9.17, 15) is 9.59 Å². The second kappa shape index (κ2) is 6.30. The monoisotopic (exact) mass is 291 g/mol. The summed E-state index contributed by atoms with van der Waals surface area (Å²) in [6.07, 6.45) is 2.59. The van der Waals surface area contributed by atoms with Crippen molar-refractivity contribution in [2.75, 3.05) is 20.7 Å². The minimum Gasteiger partial charge on any atom is -0.493 e. The van der Waals surface area contributed by atoms with E-state index in [2.05, 4.69) is 0 Å². The number of nitrogens with zero attached hydrogens (tertiary/aromatic N) is 1. The molecular formula is C15H17NO5. The molecule has 1 aromatic rings. The molecule has 1 heterocycles. The standard InChI is InChI=1S/C15H17NO5/c1-16-8-7-12(15(16)19)21-13-9-10(4-6-14(17)18)3-5-11(13)20-2/h3-6,9,12H,7-8H2,1-2H3,(H,17,18). The van der Waals surface area contributed by atoms with Gasteiger partial charge in [-0.15, -0.1) is 0 Å². The molecule has 1 unspecified atom stereocenters. The van der Waals surface area contributed by atoms with Gasteiger partial charge in [-0.1, -0.05) is 6.07 Å². The van der Waals surface area contributed by atoms with Gasteiger partial charge in [0.15, 0.2) is 17.6 Å². The molecule has 1 N–H and O–H groups in total. The largest absolute Gasteiger partial charge is 0.493 e. The zero-order valence-corrected chi connectivity index (χ0v) is 11.9. The van der Waals surface area contributed by atoms with Gasteiger partial charge in [0.05, 0.1) is 7.11 Å². The van der Waals surface area contributed by atoms with Gasteiger partial charge in [0.2, 0.25) is 0 Å². The highest BCUT2D eigenvalue weighted by Gasteiger charge is 2.31. The summed E-state index contributed by atoms with van der Waals surface area (Å²) in [4.78, 5) is 24.0. The van der Waals surface area contributed by atoms with Crippen LogP contribution in [0.25, 0.3) is 6.08 Å². The molecule has 2 rings (SSSR count). The van der Waals surface area contributed by atoms with Crippen LogP contribution < -0.4 is 9.47 Å². The first-order valence-corrected chi connectivity index (χ1v) is 6.52. The number of amides is 1. The molecule has 6 heteroatoms. The van der Waals surface area contributed by atoms with Crippen LogP contribution in [-0.2, 0) is 9.59 Å². The van der Waals surface area contributed by atoms with E-state index in [-0.39, 0.29) is 5.91 Å². The normalized spacial score (nSPS) is 18.3. The quantitative estimate of drug-likeness (QED) is 0.830. The Bertz CT molecular complexity index is 581. The molecule has 1 aliphatic heterocycles. The van der Waals surface area contributed by atoms with E-state index in [4.69, 9.17) is 14.6 Å². The highest BCUT2D eigenvalue weighted by atomic mass is 16.5. The lowest BCUT2D eigenvalue weighted by Crippen LogP contribution is -2.29. The number of carbonyl (C=O) groups excluding carboxylic acids is 1. The van der Waals surface area contributed by atoms with Crippen LogP contribution in [0.15, 0.2) is 24.3 Å². The van der Waals surface area contributed by atoms with Crippen molar-refractivity contribution >= 4 is 18.0 Å². The van der Waals surface area contributed by atoms with E-state index < -0.39 is 12.1 Å². The number of methoxy groups -OCH3 is 1. The van der Waals surface area contributed by atoms with Crippen LogP contribution in [0.1, 0.15) is 12.0 Å². The van der Waals surface area contributed by atoms with Crippen molar-refractivity contribution in [2.45, 2.75) is 12.5 Å². The first-order chi connectivity index (χ1) is 10.0. The number of carbonyl (C=O) groups is 2. The number of ether oxygens (including phenoxy) is 2. The Morgan fingerprint density at radius 1 is 1.43 bits per heavy atom. The average molecular weight is 291 g/mol. The summed E-state index contributed by atoms with van der Waals surface area (Å²) in [7, 11) is 3.24. The zero-order valence-electron chi connectivity index (χ0n) is 11.9. The molecule has 0 spiro atoms. The Morgan fingerprint density at radius 2 is 2.19 bits per heavy atom. The fourth-order valence-corrected chi connectivity index (χ4v) is 2.11. The van der Waals surface area contributed by atoms with Crippen LogP contribution in [0.2, 0.25) is 0 Å². The van der Waals surface area contributed by atoms with Gasteiger partial charge >= 0.3 is 5.97 Å². The molecule has 1 fully saturated rings. The lowest BCUT2D eigenvalue weighted by Gasteiger charge is -2.16. The molecule has 1 aliphatic rings. The number of hydrogen-bond acceptors (Lipinski definition) is 4. The predicted octanol–water partition coefficient (Wildman–Crippen LogP) is 1.40. The van der Waals surface area contributed by atoms with Crippen molar-refractivity contribution < 1.29 is 24.2 Å². The van der Waals surface area contributed by atoms with E-state index in [0.29, 0.717) is 30.0 Å². The first-order valence-electron chi connectivity index (χ1n) is 6.52. The second-order valence-electron chi connectivity index (χ2n) is 4.74. The van der Waals surface area contributed by atoms with E-state index >= 15 is 0 Å². The van der Waals surface area contributed by atoms with Crippen molar-refractivity contribution in [1.82, 2.24) is 4.90 Å². The number of hydrogen-bond donors (Lipinski definition) is 1. The summed E-state index contributed by atoms with van der Waals surface area (Å²) < 4.78 is 10.9. The summed E-state index contributed by atoms with van der Waals surface area (Å²) in [5.41, 5.74) is 0.659. The Hall–Kier alpha value is -2.50. The average Bonchev–Trinajstić information content (AvgIpc) is 2.77. The summed E-state index contributed by atoms with van der Waals surface area (Å²) in [5, 5.41) is 8.65. The Labute approximate surface area is 122 Å². The van der Waals surface area contributed by atoms with Gasteiger partial charge in [-0.2, -0.15) is 0 Å². The van der Waals surface area contributed by atoms with E-state index in [1.165, 1.54) is 13.2 Å². The maximum Gasteiger partial charge on any atom is 0.328 e. The molecule has 0 radical (unpaired) electrons. The minimum absolute atomic E-state index is 0.0662. The lowest BCUT2D eigenvalue weighted by atomic mass is 10.2. The van der Waals surface area contributed by atoms with Crippen molar-refractivity contribution in [1.29, 1.82) is 0 Å². The number of likely N-dealkylation sites (tertiary alicyclic amines) is 1. The van der Waals surface area contributed by atoms with E-state index in [0.717, 1.165) is 6.08 Å². The van der Waals surface area contributed by atoms with Gasteiger partial charge in [0.1, 0.15) is 0 Å².